The maximum absolute atomic E-state index is 12.3. The fourth-order valence-corrected chi connectivity index (χ4v) is 3.15. The van der Waals surface area contributed by atoms with Crippen LogP contribution in [-0.2, 0) is 6.42 Å². The second kappa shape index (κ2) is 7.61. The number of aliphatic hydroxyl groups is 1. The van der Waals surface area contributed by atoms with Crippen LogP contribution in [0.5, 0.6) is 0 Å². The summed E-state index contributed by atoms with van der Waals surface area (Å²) in [6, 6.07) is 7.57. The molecule has 1 aliphatic rings. The smallest absolute Gasteiger partial charge is 0.251 e. The van der Waals surface area contributed by atoms with E-state index < -0.39 is 5.60 Å². The van der Waals surface area contributed by atoms with Crippen LogP contribution >= 0.6 is 0 Å². The van der Waals surface area contributed by atoms with Crippen LogP contribution in [0.4, 0.5) is 5.82 Å². The molecule has 132 valence electrons. The summed E-state index contributed by atoms with van der Waals surface area (Å²) in [6.45, 7) is 3.56. The maximum Gasteiger partial charge on any atom is 0.251 e. The average molecular weight is 340 g/mol. The van der Waals surface area contributed by atoms with E-state index in [0.717, 1.165) is 25.2 Å². The molecule has 3 rings (SSSR count). The summed E-state index contributed by atoms with van der Waals surface area (Å²) in [5.41, 5.74) is 0.846. The molecule has 0 saturated carbocycles. The third kappa shape index (κ3) is 4.33. The second-order valence-electron chi connectivity index (χ2n) is 6.55. The molecule has 1 aromatic carbocycles. The van der Waals surface area contributed by atoms with Gasteiger partial charge in [-0.2, -0.15) is 0 Å². The van der Waals surface area contributed by atoms with E-state index >= 15 is 0 Å². The van der Waals surface area contributed by atoms with Crippen LogP contribution in [0.15, 0.2) is 42.9 Å². The number of nitrogens with one attached hydrogen (secondary N) is 1. The van der Waals surface area contributed by atoms with Crippen LogP contribution < -0.4 is 10.2 Å². The lowest BCUT2D eigenvalue weighted by atomic mass is 9.92. The lowest BCUT2D eigenvalue weighted by Gasteiger charge is -2.39. The topological polar surface area (TPSA) is 78.4 Å². The number of rotatable bonds is 5. The molecule has 1 aliphatic heterocycles. The third-order valence-corrected chi connectivity index (χ3v) is 4.63. The molecular weight excluding hydrogens is 316 g/mol. The number of nitrogens with zero attached hydrogens (tertiary/aromatic N) is 3. The molecule has 6 heteroatoms. The van der Waals surface area contributed by atoms with E-state index in [2.05, 4.69) is 22.2 Å². The first-order chi connectivity index (χ1) is 12.1. The van der Waals surface area contributed by atoms with Gasteiger partial charge in [0.25, 0.3) is 5.91 Å². The highest BCUT2D eigenvalue weighted by molar-refractivity contribution is 5.94. The first-order valence-corrected chi connectivity index (χ1v) is 8.70. The number of aromatic nitrogens is 2. The summed E-state index contributed by atoms with van der Waals surface area (Å²) in [5.74, 6) is 0.592. The Labute approximate surface area is 147 Å². The van der Waals surface area contributed by atoms with E-state index in [0.29, 0.717) is 18.5 Å². The highest BCUT2D eigenvalue weighted by Gasteiger charge is 2.34. The molecule has 0 unspecified atom stereocenters. The monoisotopic (exact) mass is 340 g/mol. The number of hydrogen-bond donors (Lipinski definition) is 2. The molecule has 6 nitrogen and oxygen atoms in total. The van der Waals surface area contributed by atoms with Crippen molar-refractivity contribution in [1.29, 1.82) is 0 Å². The first kappa shape index (κ1) is 17.4. The summed E-state index contributed by atoms with van der Waals surface area (Å²) in [4.78, 5) is 22.7. The predicted octanol–water partition coefficient (Wildman–Crippen LogP) is 1.80. The van der Waals surface area contributed by atoms with Crippen molar-refractivity contribution in [2.24, 2.45) is 0 Å². The van der Waals surface area contributed by atoms with Crippen molar-refractivity contribution >= 4 is 11.7 Å². The molecule has 1 aromatic heterocycles. The number of benzene rings is 1. The van der Waals surface area contributed by atoms with Gasteiger partial charge in [-0.25, -0.2) is 4.98 Å². The number of carbonyl (C=O) groups excluding carboxylic acids is 1. The number of anilines is 1. The summed E-state index contributed by atoms with van der Waals surface area (Å²) in [7, 11) is 0. The van der Waals surface area contributed by atoms with Crippen LogP contribution in [0, 0.1) is 0 Å². The van der Waals surface area contributed by atoms with Gasteiger partial charge >= 0.3 is 0 Å². The highest BCUT2D eigenvalue weighted by Crippen LogP contribution is 2.24. The Morgan fingerprint density at radius 3 is 2.80 bits per heavy atom. The summed E-state index contributed by atoms with van der Waals surface area (Å²) < 4.78 is 0. The number of amides is 1. The first-order valence-electron chi connectivity index (χ1n) is 8.70. The van der Waals surface area contributed by atoms with Crippen molar-refractivity contribution in [1.82, 2.24) is 15.3 Å². The maximum atomic E-state index is 12.3. The molecule has 1 amide bonds. The second-order valence-corrected chi connectivity index (χ2v) is 6.55. The largest absolute Gasteiger partial charge is 0.386 e. The SMILES string of the molecule is CCc1ccc(C(=O)NC[C@]2(O)CCCN(c3cnccn3)C2)cc1. The molecule has 0 spiro atoms. The van der Waals surface area contributed by atoms with Gasteiger partial charge in [0.2, 0.25) is 0 Å². The lowest BCUT2D eigenvalue weighted by Crippen LogP contribution is -2.54. The third-order valence-electron chi connectivity index (χ3n) is 4.63. The van der Waals surface area contributed by atoms with E-state index in [-0.39, 0.29) is 12.5 Å². The van der Waals surface area contributed by atoms with E-state index in [9.17, 15) is 9.90 Å². The molecule has 1 fully saturated rings. The fourth-order valence-electron chi connectivity index (χ4n) is 3.15. The Morgan fingerprint density at radius 1 is 1.32 bits per heavy atom. The van der Waals surface area contributed by atoms with Gasteiger partial charge in [0.15, 0.2) is 0 Å². The molecule has 1 atom stereocenters. The molecular formula is C19H24N4O2. The van der Waals surface area contributed by atoms with Gasteiger partial charge in [-0.3, -0.25) is 9.78 Å². The Morgan fingerprint density at radius 2 is 2.12 bits per heavy atom. The number of aryl methyl sites for hydroxylation is 1. The zero-order valence-corrected chi connectivity index (χ0v) is 14.5. The van der Waals surface area contributed by atoms with Crippen molar-refractivity contribution in [2.45, 2.75) is 31.8 Å². The van der Waals surface area contributed by atoms with Gasteiger partial charge in [0, 0.05) is 37.6 Å². The average Bonchev–Trinajstić information content (AvgIpc) is 2.67. The Balaban J connectivity index is 1.60. The predicted molar refractivity (Wildman–Crippen MR) is 96.6 cm³/mol. The van der Waals surface area contributed by atoms with Gasteiger partial charge in [-0.15, -0.1) is 0 Å². The molecule has 2 heterocycles. The molecule has 2 aromatic rings. The minimum absolute atomic E-state index is 0.160. The molecule has 2 N–H and O–H groups in total. The molecule has 25 heavy (non-hydrogen) atoms. The minimum Gasteiger partial charge on any atom is -0.386 e. The standard InChI is InChI=1S/C19H24N4O2/c1-2-15-4-6-16(7-5-15)18(24)22-13-19(25)8-3-11-23(14-19)17-12-20-9-10-21-17/h4-7,9-10,12,25H,2-3,8,11,13-14H2,1H3,(H,22,24)/t19-/m1/s1. The minimum atomic E-state index is -0.964. The number of β-amino-alcohol motifs (C(OH)–C–C–N with tert-alkyl or cyclic N) is 1. The van der Waals surface area contributed by atoms with Crippen LogP contribution in [0.1, 0.15) is 35.7 Å². The molecule has 1 saturated heterocycles. The number of hydrogen-bond acceptors (Lipinski definition) is 5. The van der Waals surface area contributed by atoms with E-state index in [1.165, 1.54) is 5.56 Å². The molecule has 0 bridgehead atoms. The summed E-state index contributed by atoms with van der Waals surface area (Å²) in [6.07, 6.45) is 7.40. The summed E-state index contributed by atoms with van der Waals surface area (Å²) in [5, 5.41) is 13.7. The number of carbonyl (C=O) groups is 1. The Hall–Kier alpha value is -2.47. The van der Waals surface area contributed by atoms with Crippen molar-refractivity contribution in [2.75, 3.05) is 24.5 Å². The van der Waals surface area contributed by atoms with Crippen molar-refractivity contribution < 1.29 is 9.90 Å². The van der Waals surface area contributed by atoms with Crippen LogP contribution in [-0.4, -0.2) is 46.2 Å². The van der Waals surface area contributed by atoms with Gasteiger partial charge < -0.3 is 15.3 Å². The highest BCUT2D eigenvalue weighted by atomic mass is 16.3. The lowest BCUT2D eigenvalue weighted by molar-refractivity contribution is 0.0254. The zero-order valence-electron chi connectivity index (χ0n) is 14.5. The fraction of sp³-hybridized carbons (Fsp3) is 0.421. The van der Waals surface area contributed by atoms with Crippen LogP contribution in [0.3, 0.4) is 0 Å². The van der Waals surface area contributed by atoms with Crippen LogP contribution in [0.25, 0.3) is 0 Å². The van der Waals surface area contributed by atoms with Crippen molar-refractivity contribution in [3.8, 4) is 0 Å². The molecule has 0 aliphatic carbocycles. The van der Waals surface area contributed by atoms with Gasteiger partial charge in [0.1, 0.15) is 5.82 Å². The normalized spacial score (nSPS) is 20.3. The molecule has 0 radical (unpaired) electrons. The van der Waals surface area contributed by atoms with Gasteiger partial charge in [-0.1, -0.05) is 19.1 Å². The zero-order chi connectivity index (χ0) is 17.7. The van der Waals surface area contributed by atoms with E-state index in [1.54, 1.807) is 18.6 Å². The van der Waals surface area contributed by atoms with Crippen molar-refractivity contribution in [3.05, 3.63) is 54.0 Å². The van der Waals surface area contributed by atoms with Gasteiger partial charge in [0.05, 0.1) is 11.8 Å². The number of piperidine rings is 1. The van der Waals surface area contributed by atoms with E-state index in [1.807, 2.05) is 29.2 Å². The van der Waals surface area contributed by atoms with Crippen molar-refractivity contribution in [3.63, 3.8) is 0 Å². The quantitative estimate of drug-likeness (QED) is 0.868. The Bertz CT molecular complexity index is 705. The Kier molecular flexibility index (Phi) is 5.28. The van der Waals surface area contributed by atoms with Crippen LogP contribution in [0.2, 0.25) is 0 Å². The van der Waals surface area contributed by atoms with Gasteiger partial charge in [-0.05, 0) is 37.0 Å². The van der Waals surface area contributed by atoms with E-state index in [4.69, 9.17) is 0 Å². The summed E-state index contributed by atoms with van der Waals surface area (Å²) >= 11 is 0.